The third kappa shape index (κ3) is 2.54. The summed E-state index contributed by atoms with van der Waals surface area (Å²) in [6.07, 6.45) is 3.93. The van der Waals surface area contributed by atoms with Gasteiger partial charge in [0.15, 0.2) is 5.65 Å². The van der Waals surface area contributed by atoms with E-state index in [2.05, 4.69) is 20.4 Å². The van der Waals surface area contributed by atoms with Crippen molar-refractivity contribution in [2.75, 3.05) is 5.43 Å². The summed E-state index contributed by atoms with van der Waals surface area (Å²) in [5, 5.41) is 8.44. The molecule has 88 valence electrons. The van der Waals surface area contributed by atoms with Crippen LogP contribution in [0.5, 0.6) is 0 Å². The Kier molecular flexibility index (Phi) is 2.95. The maximum absolute atomic E-state index is 11.4. The monoisotopic (exact) mass is 235 g/mol. The van der Waals surface area contributed by atoms with Gasteiger partial charge in [-0.15, -0.1) is 0 Å². The Balaban J connectivity index is 2.08. The fraction of sp³-hybridized carbons (Fsp3) is 0.222. The lowest BCUT2D eigenvalue weighted by atomic mass is 10.3. The van der Waals surface area contributed by atoms with E-state index in [0.717, 1.165) is 0 Å². The molecular formula is C9H9N5O3. The molecule has 0 aliphatic rings. The van der Waals surface area contributed by atoms with Crippen molar-refractivity contribution in [1.29, 1.82) is 0 Å². The fourth-order valence-corrected chi connectivity index (χ4v) is 1.26. The first-order valence-electron chi connectivity index (χ1n) is 4.81. The minimum Gasteiger partial charge on any atom is -0.481 e. The Morgan fingerprint density at radius 3 is 2.94 bits per heavy atom. The van der Waals surface area contributed by atoms with Crippen LogP contribution in [0.2, 0.25) is 0 Å². The lowest BCUT2D eigenvalue weighted by Crippen LogP contribution is -2.22. The first kappa shape index (κ1) is 11.0. The van der Waals surface area contributed by atoms with Gasteiger partial charge in [0.05, 0.1) is 12.6 Å². The average Bonchev–Trinajstić information content (AvgIpc) is 2.70. The highest BCUT2D eigenvalue weighted by atomic mass is 16.4. The normalized spacial score (nSPS) is 10.4. The second kappa shape index (κ2) is 4.56. The van der Waals surface area contributed by atoms with Crippen LogP contribution in [0.15, 0.2) is 18.9 Å². The van der Waals surface area contributed by atoms with Gasteiger partial charge in [-0.1, -0.05) is 0 Å². The number of carboxylic acids is 1. The number of carbonyl (C=O) groups excluding carboxylic acids is 1. The van der Waals surface area contributed by atoms with Crippen LogP contribution < -0.4 is 5.43 Å². The summed E-state index contributed by atoms with van der Waals surface area (Å²) < 4.78 is 1.33. The largest absolute Gasteiger partial charge is 0.481 e. The van der Waals surface area contributed by atoms with Gasteiger partial charge >= 0.3 is 5.97 Å². The molecule has 0 saturated carbocycles. The van der Waals surface area contributed by atoms with Gasteiger partial charge in [-0.2, -0.15) is 0 Å². The van der Waals surface area contributed by atoms with Gasteiger partial charge in [0, 0.05) is 6.42 Å². The van der Waals surface area contributed by atoms with Crippen LogP contribution in [0.3, 0.4) is 0 Å². The Morgan fingerprint density at radius 2 is 2.18 bits per heavy atom. The van der Waals surface area contributed by atoms with E-state index in [1.165, 1.54) is 23.5 Å². The van der Waals surface area contributed by atoms with Gasteiger partial charge in [-0.3, -0.25) is 15.0 Å². The summed E-state index contributed by atoms with van der Waals surface area (Å²) in [4.78, 5) is 33.4. The lowest BCUT2D eigenvalue weighted by Gasteiger charge is -2.04. The first-order valence-corrected chi connectivity index (χ1v) is 4.81. The SMILES string of the molecule is O=C(O)CCC(=O)Nn1cnc2cncnc21. The van der Waals surface area contributed by atoms with Crippen molar-refractivity contribution in [3.63, 3.8) is 0 Å². The molecule has 2 heterocycles. The molecule has 0 saturated heterocycles. The van der Waals surface area contributed by atoms with Crippen LogP contribution >= 0.6 is 0 Å². The highest BCUT2D eigenvalue weighted by Crippen LogP contribution is 2.05. The van der Waals surface area contributed by atoms with Gasteiger partial charge < -0.3 is 5.11 Å². The minimum atomic E-state index is -1.02. The topological polar surface area (TPSA) is 110 Å². The lowest BCUT2D eigenvalue weighted by molar-refractivity contribution is -0.138. The highest BCUT2D eigenvalue weighted by Gasteiger charge is 2.08. The van der Waals surface area contributed by atoms with Gasteiger partial charge in [0.1, 0.15) is 18.2 Å². The molecule has 0 aliphatic carbocycles. The van der Waals surface area contributed by atoms with Crippen molar-refractivity contribution < 1.29 is 14.7 Å². The van der Waals surface area contributed by atoms with E-state index in [9.17, 15) is 9.59 Å². The highest BCUT2D eigenvalue weighted by molar-refractivity contribution is 5.87. The van der Waals surface area contributed by atoms with Crippen LogP contribution in [-0.2, 0) is 9.59 Å². The average molecular weight is 235 g/mol. The van der Waals surface area contributed by atoms with Crippen molar-refractivity contribution in [2.24, 2.45) is 0 Å². The third-order valence-electron chi connectivity index (χ3n) is 2.02. The number of aromatic nitrogens is 4. The van der Waals surface area contributed by atoms with E-state index in [1.807, 2.05) is 0 Å². The standard InChI is InChI=1S/C9H9N5O3/c15-7(1-2-8(16)17)13-14-5-12-6-3-10-4-11-9(6)14/h3-5H,1-2H2,(H,13,15)(H,16,17). The van der Waals surface area contributed by atoms with Gasteiger partial charge in [-0.05, 0) is 0 Å². The van der Waals surface area contributed by atoms with Crippen LogP contribution in [0.4, 0.5) is 0 Å². The van der Waals surface area contributed by atoms with Crippen molar-refractivity contribution in [3.05, 3.63) is 18.9 Å². The molecule has 0 bridgehead atoms. The number of aliphatic carboxylic acids is 1. The number of carbonyl (C=O) groups is 2. The zero-order valence-electron chi connectivity index (χ0n) is 8.70. The second-order valence-electron chi connectivity index (χ2n) is 3.27. The molecule has 8 heteroatoms. The summed E-state index contributed by atoms with van der Waals surface area (Å²) in [5.41, 5.74) is 3.49. The molecule has 0 unspecified atom stereocenters. The number of nitrogens with zero attached hydrogens (tertiary/aromatic N) is 4. The quantitative estimate of drug-likeness (QED) is 0.756. The van der Waals surface area contributed by atoms with Crippen LogP contribution in [0.1, 0.15) is 12.8 Å². The number of amides is 1. The minimum absolute atomic E-state index is 0.0971. The molecule has 2 aromatic heterocycles. The van der Waals surface area contributed by atoms with Crippen molar-refractivity contribution in [1.82, 2.24) is 19.6 Å². The van der Waals surface area contributed by atoms with E-state index < -0.39 is 11.9 Å². The summed E-state index contributed by atoms with van der Waals surface area (Å²) in [7, 11) is 0. The van der Waals surface area contributed by atoms with Crippen LogP contribution in [0.25, 0.3) is 11.2 Å². The predicted molar refractivity (Wildman–Crippen MR) is 56.6 cm³/mol. The zero-order chi connectivity index (χ0) is 12.3. The zero-order valence-corrected chi connectivity index (χ0v) is 8.70. The van der Waals surface area contributed by atoms with E-state index in [0.29, 0.717) is 11.2 Å². The molecule has 0 aliphatic heterocycles. The molecule has 0 aromatic carbocycles. The Hall–Kier alpha value is -2.51. The van der Waals surface area contributed by atoms with E-state index in [-0.39, 0.29) is 12.8 Å². The number of rotatable bonds is 4. The second-order valence-corrected chi connectivity index (χ2v) is 3.27. The smallest absolute Gasteiger partial charge is 0.303 e. The van der Waals surface area contributed by atoms with Crippen molar-refractivity contribution in [3.8, 4) is 0 Å². The van der Waals surface area contributed by atoms with E-state index in [4.69, 9.17) is 5.11 Å². The van der Waals surface area contributed by atoms with Gasteiger partial charge in [0.2, 0.25) is 5.91 Å². The molecule has 0 radical (unpaired) electrons. The molecule has 17 heavy (non-hydrogen) atoms. The Bertz CT molecular complexity index is 565. The summed E-state index contributed by atoms with van der Waals surface area (Å²) >= 11 is 0. The fourth-order valence-electron chi connectivity index (χ4n) is 1.26. The Morgan fingerprint density at radius 1 is 1.35 bits per heavy atom. The maximum Gasteiger partial charge on any atom is 0.303 e. The number of fused-ring (bicyclic) bond motifs is 1. The summed E-state index contributed by atoms with van der Waals surface area (Å²) in [6.45, 7) is 0. The molecule has 2 aromatic rings. The molecular weight excluding hydrogens is 226 g/mol. The summed E-state index contributed by atoms with van der Waals surface area (Å²) in [6, 6.07) is 0. The van der Waals surface area contributed by atoms with Gasteiger partial charge in [-0.25, -0.2) is 19.6 Å². The predicted octanol–water partition coefficient (Wildman–Crippen LogP) is -0.239. The molecule has 0 fully saturated rings. The number of hydrogen-bond donors (Lipinski definition) is 2. The van der Waals surface area contributed by atoms with Gasteiger partial charge in [0.25, 0.3) is 0 Å². The maximum atomic E-state index is 11.4. The Labute approximate surface area is 95.3 Å². The number of carboxylic acid groups (broad SMARTS) is 1. The number of imidazole rings is 1. The third-order valence-corrected chi connectivity index (χ3v) is 2.02. The molecule has 8 nitrogen and oxygen atoms in total. The summed E-state index contributed by atoms with van der Waals surface area (Å²) in [5.74, 6) is -1.43. The molecule has 1 amide bonds. The van der Waals surface area contributed by atoms with E-state index in [1.54, 1.807) is 0 Å². The molecule has 0 atom stereocenters. The molecule has 2 N–H and O–H groups in total. The molecule has 0 spiro atoms. The van der Waals surface area contributed by atoms with Crippen LogP contribution in [0, 0.1) is 0 Å². The first-order chi connectivity index (χ1) is 8.16. The van der Waals surface area contributed by atoms with Crippen molar-refractivity contribution >= 4 is 23.0 Å². The number of hydrogen-bond acceptors (Lipinski definition) is 5. The van der Waals surface area contributed by atoms with E-state index >= 15 is 0 Å². The molecule has 2 rings (SSSR count). The number of nitrogens with one attached hydrogen (secondary N) is 1. The van der Waals surface area contributed by atoms with Crippen LogP contribution in [-0.4, -0.2) is 36.6 Å². The van der Waals surface area contributed by atoms with Crippen molar-refractivity contribution in [2.45, 2.75) is 12.8 Å².